The minimum atomic E-state index is -1.20. The van der Waals surface area contributed by atoms with Gasteiger partial charge in [0.1, 0.15) is 28.5 Å². The number of aliphatic hydroxyl groups is 1. The molecule has 1 aliphatic heterocycles. The van der Waals surface area contributed by atoms with E-state index in [0.717, 1.165) is 24.7 Å². The van der Waals surface area contributed by atoms with Crippen LogP contribution in [0.4, 0.5) is 5.82 Å². The van der Waals surface area contributed by atoms with Crippen molar-refractivity contribution in [2.24, 2.45) is 5.92 Å². The Kier molecular flexibility index (Phi) is 4.13. The molecule has 3 N–H and O–H groups in total. The van der Waals surface area contributed by atoms with Crippen LogP contribution in [0.1, 0.15) is 41.3 Å². The van der Waals surface area contributed by atoms with Crippen LogP contribution in [-0.4, -0.2) is 33.9 Å². The van der Waals surface area contributed by atoms with E-state index in [1.54, 1.807) is 26.1 Å². The highest BCUT2D eigenvalue weighted by Gasteiger charge is 2.29. The number of hydrogen-bond donors (Lipinski definition) is 3. The Bertz CT molecular complexity index is 760. The minimum Gasteiger partial charge on any atom is -0.466 e. The van der Waals surface area contributed by atoms with Gasteiger partial charge in [-0.2, -0.15) is 5.10 Å². The molecule has 3 rings (SSSR count). The number of nitrogens with zero attached hydrogens (tertiary/aromatic N) is 2. The normalized spacial score (nSPS) is 19.3. The van der Waals surface area contributed by atoms with Gasteiger partial charge in [-0.1, -0.05) is 6.92 Å². The lowest BCUT2D eigenvalue weighted by Gasteiger charge is -2.24. The Morgan fingerprint density at radius 1 is 1.58 bits per heavy atom. The molecule has 130 valence electrons. The molecule has 7 nitrogen and oxygen atoms in total. The molecule has 0 saturated heterocycles. The number of aromatic nitrogens is 2. The van der Waals surface area contributed by atoms with Gasteiger partial charge in [0.05, 0.1) is 12.7 Å². The van der Waals surface area contributed by atoms with E-state index >= 15 is 0 Å². The van der Waals surface area contributed by atoms with Crippen molar-refractivity contribution in [1.29, 1.82) is 0 Å². The highest BCUT2D eigenvalue weighted by atomic mass is 16.3. The summed E-state index contributed by atoms with van der Waals surface area (Å²) < 4.78 is 7.28. The van der Waals surface area contributed by atoms with Gasteiger partial charge in [0.25, 0.3) is 5.91 Å². The van der Waals surface area contributed by atoms with Crippen molar-refractivity contribution in [1.82, 2.24) is 15.1 Å². The number of carbonyl (C=O) groups is 1. The molecular weight excluding hydrogens is 308 g/mol. The lowest BCUT2D eigenvalue weighted by Crippen LogP contribution is -2.39. The number of furan rings is 1. The molecule has 0 aliphatic carbocycles. The molecule has 0 radical (unpaired) electrons. The molecule has 0 spiro atoms. The molecule has 3 heterocycles. The maximum absolute atomic E-state index is 12.5. The second-order valence-corrected chi connectivity index (χ2v) is 6.86. The molecule has 0 saturated carbocycles. The van der Waals surface area contributed by atoms with E-state index in [2.05, 4.69) is 22.7 Å². The van der Waals surface area contributed by atoms with Gasteiger partial charge in [-0.15, -0.1) is 0 Å². The van der Waals surface area contributed by atoms with Crippen molar-refractivity contribution >= 4 is 11.7 Å². The average Bonchev–Trinajstić information content (AvgIpc) is 3.07. The van der Waals surface area contributed by atoms with Crippen LogP contribution in [0, 0.1) is 19.8 Å². The van der Waals surface area contributed by atoms with E-state index in [1.165, 1.54) is 0 Å². The molecular formula is C17H24N4O3. The van der Waals surface area contributed by atoms with Crippen molar-refractivity contribution in [3.05, 3.63) is 34.9 Å². The number of rotatable bonds is 4. The number of nitrogens with one attached hydrogen (secondary N) is 2. The van der Waals surface area contributed by atoms with Crippen molar-refractivity contribution < 1.29 is 14.3 Å². The molecule has 1 amide bonds. The van der Waals surface area contributed by atoms with E-state index in [-0.39, 0.29) is 12.5 Å². The second-order valence-electron chi connectivity index (χ2n) is 6.86. The van der Waals surface area contributed by atoms with E-state index in [0.29, 0.717) is 22.8 Å². The summed E-state index contributed by atoms with van der Waals surface area (Å²) in [7, 11) is 0. The molecule has 2 aromatic rings. The Morgan fingerprint density at radius 2 is 2.33 bits per heavy atom. The van der Waals surface area contributed by atoms with Gasteiger partial charge in [0, 0.05) is 18.7 Å². The molecule has 2 unspecified atom stereocenters. The van der Waals surface area contributed by atoms with Gasteiger partial charge in [0.2, 0.25) is 0 Å². The third-order valence-corrected chi connectivity index (χ3v) is 4.40. The lowest BCUT2D eigenvalue weighted by atomic mass is 9.96. The van der Waals surface area contributed by atoms with Crippen LogP contribution in [0.15, 0.2) is 16.7 Å². The van der Waals surface area contributed by atoms with E-state index in [4.69, 9.17) is 4.42 Å². The summed E-state index contributed by atoms with van der Waals surface area (Å²) in [6.45, 7) is 9.13. The third-order valence-electron chi connectivity index (χ3n) is 4.40. The SMILES string of the molecule is Cc1cc(C(C)(O)CNC(=O)c2cnn3c2NCC(C)C3)c(C)o1. The molecule has 1 aliphatic rings. The maximum Gasteiger partial charge on any atom is 0.256 e. The third kappa shape index (κ3) is 3.03. The molecule has 2 aromatic heterocycles. The summed E-state index contributed by atoms with van der Waals surface area (Å²) in [6.07, 6.45) is 1.57. The number of amides is 1. The summed E-state index contributed by atoms with van der Waals surface area (Å²) in [6, 6.07) is 1.80. The van der Waals surface area contributed by atoms with Gasteiger partial charge >= 0.3 is 0 Å². The van der Waals surface area contributed by atoms with Gasteiger partial charge in [-0.25, -0.2) is 4.68 Å². The highest BCUT2D eigenvalue weighted by molar-refractivity contribution is 5.98. The first-order valence-electron chi connectivity index (χ1n) is 8.15. The summed E-state index contributed by atoms with van der Waals surface area (Å²) in [4.78, 5) is 12.5. The predicted octanol–water partition coefficient (Wildman–Crippen LogP) is 1.79. The van der Waals surface area contributed by atoms with Gasteiger partial charge in [-0.3, -0.25) is 4.79 Å². The Morgan fingerprint density at radius 3 is 3.00 bits per heavy atom. The van der Waals surface area contributed by atoms with Crippen LogP contribution in [0.3, 0.4) is 0 Å². The second kappa shape index (κ2) is 5.98. The zero-order valence-electron chi connectivity index (χ0n) is 14.5. The average molecular weight is 332 g/mol. The molecule has 0 fully saturated rings. The van der Waals surface area contributed by atoms with E-state index < -0.39 is 5.60 Å². The standard InChI is InChI=1S/C17H24N4O3/c1-10-6-18-15-13(7-20-21(15)8-10)16(22)19-9-17(4,23)14-5-11(2)24-12(14)3/h5,7,10,18,23H,6,8-9H2,1-4H3,(H,19,22). The first kappa shape index (κ1) is 16.6. The van der Waals surface area contributed by atoms with Gasteiger partial charge < -0.3 is 20.2 Å². The fourth-order valence-corrected chi connectivity index (χ4v) is 3.12. The fourth-order valence-electron chi connectivity index (χ4n) is 3.12. The quantitative estimate of drug-likeness (QED) is 0.794. The zero-order valence-corrected chi connectivity index (χ0v) is 14.5. The molecule has 2 atom stereocenters. The Labute approximate surface area is 141 Å². The van der Waals surface area contributed by atoms with Crippen molar-refractivity contribution in [2.75, 3.05) is 18.4 Å². The number of fused-ring (bicyclic) bond motifs is 1. The number of anilines is 1. The van der Waals surface area contributed by atoms with Crippen LogP contribution < -0.4 is 10.6 Å². The van der Waals surface area contributed by atoms with Crippen LogP contribution >= 0.6 is 0 Å². The first-order chi connectivity index (χ1) is 11.3. The largest absolute Gasteiger partial charge is 0.466 e. The summed E-state index contributed by atoms with van der Waals surface area (Å²) >= 11 is 0. The number of aryl methyl sites for hydroxylation is 2. The van der Waals surface area contributed by atoms with E-state index in [1.807, 2.05) is 11.6 Å². The molecule has 7 heteroatoms. The van der Waals surface area contributed by atoms with Crippen LogP contribution in [0.5, 0.6) is 0 Å². The molecule has 0 bridgehead atoms. The summed E-state index contributed by atoms with van der Waals surface area (Å²) in [5.41, 5.74) is -0.0192. The minimum absolute atomic E-state index is 0.0899. The Hall–Kier alpha value is -2.28. The Balaban J connectivity index is 1.71. The topological polar surface area (TPSA) is 92.3 Å². The fraction of sp³-hybridized carbons (Fsp3) is 0.529. The highest BCUT2D eigenvalue weighted by Crippen LogP contribution is 2.27. The van der Waals surface area contributed by atoms with Crippen LogP contribution in [-0.2, 0) is 12.1 Å². The van der Waals surface area contributed by atoms with Crippen molar-refractivity contribution in [2.45, 2.75) is 39.8 Å². The predicted molar refractivity (Wildman–Crippen MR) is 90.0 cm³/mol. The van der Waals surface area contributed by atoms with Gasteiger partial charge in [-0.05, 0) is 32.8 Å². The van der Waals surface area contributed by atoms with Crippen molar-refractivity contribution in [3.63, 3.8) is 0 Å². The number of hydrogen-bond acceptors (Lipinski definition) is 5. The summed E-state index contributed by atoms with van der Waals surface area (Å²) in [5.74, 6) is 2.35. The maximum atomic E-state index is 12.5. The first-order valence-corrected chi connectivity index (χ1v) is 8.15. The van der Waals surface area contributed by atoms with Gasteiger partial charge in [0.15, 0.2) is 0 Å². The smallest absolute Gasteiger partial charge is 0.256 e. The molecule has 24 heavy (non-hydrogen) atoms. The van der Waals surface area contributed by atoms with E-state index in [9.17, 15) is 9.90 Å². The molecule has 0 aromatic carbocycles. The summed E-state index contributed by atoms with van der Waals surface area (Å²) in [5, 5.41) is 21.0. The zero-order chi connectivity index (χ0) is 17.5. The number of carbonyl (C=O) groups excluding carboxylic acids is 1. The monoisotopic (exact) mass is 332 g/mol. The van der Waals surface area contributed by atoms with Crippen LogP contribution in [0.2, 0.25) is 0 Å². The van der Waals surface area contributed by atoms with Crippen LogP contribution in [0.25, 0.3) is 0 Å². The van der Waals surface area contributed by atoms with Crippen molar-refractivity contribution in [3.8, 4) is 0 Å². The lowest BCUT2D eigenvalue weighted by molar-refractivity contribution is 0.0514.